The fourth-order valence-corrected chi connectivity index (χ4v) is 2.60. The lowest BCUT2D eigenvalue weighted by molar-refractivity contribution is -0.804. The summed E-state index contributed by atoms with van der Waals surface area (Å²) in [4.78, 5) is 63.5. The van der Waals surface area contributed by atoms with Gasteiger partial charge in [-0.2, -0.15) is 0 Å². The first-order valence-electron chi connectivity index (χ1n) is 7.35. The molecule has 0 atom stereocenters. The van der Waals surface area contributed by atoms with Crippen molar-refractivity contribution in [2.75, 3.05) is 20.2 Å². The zero-order valence-electron chi connectivity index (χ0n) is 14.0. The Bertz CT molecular complexity index is 664. The van der Waals surface area contributed by atoms with E-state index in [0.29, 0.717) is 4.90 Å². The third-order valence-corrected chi connectivity index (χ3v) is 4.30. The summed E-state index contributed by atoms with van der Waals surface area (Å²) in [7, 11) is 0.957. The predicted molar refractivity (Wildman–Crippen MR) is 80.5 cm³/mol. The molecule has 1 amide bonds. The van der Waals surface area contributed by atoms with Crippen molar-refractivity contribution in [2.24, 2.45) is 0 Å². The van der Waals surface area contributed by atoms with E-state index in [9.17, 15) is 50.0 Å². The molecule has 1 saturated heterocycles. The number of piperidine rings is 1. The van der Waals surface area contributed by atoms with Gasteiger partial charge in [0.25, 0.3) is 0 Å². The van der Waals surface area contributed by atoms with Crippen molar-refractivity contribution >= 4 is 11.9 Å². The summed E-state index contributed by atoms with van der Waals surface area (Å²) in [6.07, 6.45) is -3.16. The normalized spacial score (nSPS) is 16.5. The number of amides is 1. The maximum absolute atomic E-state index is 12.0. The van der Waals surface area contributed by atoms with Gasteiger partial charge in [0.1, 0.15) is 32.5 Å². The highest BCUT2D eigenvalue weighted by molar-refractivity contribution is 5.77. The lowest BCUT2D eigenvalue weighted by Crippen LogP contribution is -2.64. The summed E-state index contributed by atoms with van der Waals surface area (Å²) < 4.78 is 4.27. The molecule has 0 aromatic carbocycles. The summed E-state index contributed by atoms with van der Waals surface area (Å²) >= 11 is 0. The van der Waals surface area contributed by atoms with E-state index in [-0.39, 0.29) is 0 Å². The molecule has 1 heterocycles. The number of hydrogen-bond donors (Lipinski definition) is 0. The summed E-state index contributed by atoms with van der Waals surface area (Å²) in [5, 5.41) is 45.1. The van der Waals surface area contributed by atoms with Crippen molar-refractivity contribution < 1.29 is 34.0 Å². The van der Waals surface area contributed by atoms with Gasteiger partial charge in [0.2, 0.25) is 5.91 Å². The number of rotatable bonds is 9. The van der Waals surface area contributed by atoms with Crippen LogP contribution in [0.1, 0.15) is 25.7 Å². The molecule has 0 unspecified atom stereocenters. The monoisotopic (exact) mass is 393 g/mol. The molecule has 16 nitrogen and oxygen atoms in total. The molecular weight excluding hydrogens is 378 g/mol. The fourth-order valence-electron chi connectivity index (χ4n) is 2.60. The Labute approximate surface area is 149 Å². The van der Waals surface area contributed by atoms with Crippen molar-refractivity contribution in [1.82, 2.24) is 4.90 Å². The van der Waals surface area contributed by atoms with Crippen LogP contribution in [0.2, 0.25) is 0 Å². The minimum absolute atomic E-state index is 0.359. The van der Waals surface area contributed by atoms with Gasteiger partial charge in [-0.25, -0.2) is 0 Å². The Kier molecular flexibility index (Phi) is 6.26. The van der Waals surface area contributed by atoms with Crippen LogP contribution in [-0.4, -0.2) is 68.0 Å². The largest absolute Gasteiger partial charge is 0.475 e. The Balaban J connectivity index is 3.25. The summed E-state index contributed by atoms with van der Waals surface area (Å²) in [6, 6.07) is 0. The third-order valence-electron chi connectivity index (χ3n) is 4.30. The molecule has 27 heavy (non-hydrogen) atoms. The van der Waals surface area contributed by atoms with Crippen LogP contribution < -0.4 is 0 Å². The van der Waals surface area contributed by atoms with E-state index in [1.165, 1.54) is 0 Å². The maximum atomic E-state index is 12.0. The lowest BCUT2D eigenvalue weighted by atomic mass is 9.96. The molecule has 1 rings (SSSR count). The van der Waals surface area contributed by atoms with Crippen LogP contribution in [-0.2, 0) is 14.3 Å². The van der Waals surface area contributed by atoms with Gasteiger partial charge in [-0.3, -0.25) is 50.0 Å². The molecule has 0 radical (unpaired) electrons. The molecule has 0 spiro atoms. The maximum Gasteiger partial charge on any atom is 0.475 e. The van der Waals surface area contributed by atoms with Crippen LogP contribution in [0.15, 0.2) is 0 Å². The molecule has 0 saturated carbocycles. The highest BCUT2D eigenvalue weighted by atomic mass is 16.7. The molecule has 0 aliphatic carbocycles. The number of nitro groups is 4. The smallest absolute Gasteiger partial charge is 0.469 e. The second-order valence-electron chi connectivity index (χ2n) is 5.82. The molecule has 16 heteroatoms. The number of carbonyl (C=O) groups is 2. The fraction of sp³-hybridized carbons (Fsp3) is 0.818. The topological polar surface area (TPSA) is 219 Å². The van der Waals surface area contributed by atoms with Crippen molar-refractivity contribution in [1.29, 1.82) is 0 Å². The summed E-state index contributed by atoms with van der Waals surface area (Å²) in [5.74, 6) is -1.93. The van der Waals surface area contributed by atoms with Gasteiger partial charge in [0, 0.05) is 6.42 Å². The van der Waals surface area contributed by atoms with Crippen molar-refractivity contribution in [3.8, 4) is 0 Å². The van der Waals surface area contributed by atoms with Gasteiger partial charge in [-0.05, 0) is 0 Å². The average Bonchev–Trinajstić information content (AvgIpc) is 2.58. The SMILES string of the molecule is COC(=O)CCC(CN1CC([N+](=O)[O-])([N+](=O)[O-])CCC1=O)([N+](=O)[O-])[N+](=O)[O-]. The quantitative estimate of drug-likeness (QED) is 0.201. The molecule has 0 bridgehead atoms. The molecule has 150 valence electrons. The van der Waals surface area contributed by atoms with Crippen LogP contribution >= 0.6 is 0 Å². The average molecular weight is 393 g/mol. The van der Waals surface area contributed by atoms with E-state index in [1.54, 1.807) is 0 Å². The van der Waals surface area contributed by atoms with Crippen molar-refractivity contribution in [3.63, 3.8) is 0 Å². The van der Waals surface area contributed by atoms with E-state index in [4.69, 9.17) is 0 Å². The minimum Gasteiger partial charge on any atom is -0.469 e. The Morgan fingerprint density at radius 1 is 1.15 bits per heavy atom. The first kappa shape index (κ1) is 21.6. The molecule has 1 fully saturated rings. The van der Waals surface area contributed by atoms with Crippen LogP contribution in [0.25, 0.3) is 0 Å². The highest BCUT2D eigenvalue weighted by Gasteiger charge is 2.64. The molecule has 0 aromatic heterocycles. The zero-order chi connectivity index (χ0) is 21.0. The number of methoxy groups -OCH3 is 1. The van der Waals surface area contributed by atoms with E-state index in [1.807, 2.05) is 0 Å². The zero-order valence-corrected chi connectivity index (χ0v) is 14.0. The second kappa shape index (κ2) is 7.83. The predicted octanol–water partition coefficient (Wildman–Crippen LogP) is -0.939. The summed E-state index contributed by atoms with van der Waals surface area (Å²) in [5.41, 5.74) is -5.91. The van der Waals surface area contributed by atoms with Gasteiger partial charge >= 0.3 is 17.3 Å². The lowest BCUT2D eigenvalue weighted by Gasteiger charge is -2.32. The van der Waals surface area contributed by atoms with Gasteiger partial charge in [-0.1, -0.05) is 0 Å². The molecular formula is C11H15N5O11. The standard InChI is InChI=1S/C11H15N5O11/c1-27-9(18)3-5-11(15(23)24,16(25)26)7-12-6-10(13(19)20,14(21)22)4-2-8(12)17/h2-7H2,1H3. The third kappa shape index (κ3) is 4.04. The number of likely N-dealkylation sites (tertiary alicyclic amines) is 1. The number of esters is 1. The van der Waals surface area contributed by atoms with Gasteiger partial charge in [0.05, 0.1) is 13.5 Å². The van der Waals surface area contributed by atoms with Gasteiger partial charge < -0.3 is 9.64 Å². The molecule has 0 aromatic rings. The number of hydrogen-bond acceptors (Lipinski definition) is 11. The van der Waals surface area contributed by atoms with Gasteiger partial charge in [0.15, 0.2) is 13.1 Å². The second-order valence-corrected chi connectivity index (χ2v) is 5.82. The Hall–Kier alpha value is -3.46. The van der Waals surface area contributed by atoms with E-state index in [0.717, 1.165) is 7.11 Å². The van der Waals surface area contributed by atoms with Crippen LogP contribution in [0.5, 0.6) is 0 Å². The van der Waals surface area contributed by atoms with E-state index >= 15 is 0 Å². The first-order chi connectivity index (χ1) is 12.4. The van der Waals surface area contributed by atoms with E-state index < -0.39 is 81.7 Å². The number of ether oxygens (including phenoxy) is 1. The van der Waals surface area contributed by atoms with Gasteiger partial charge in [-0.15, -0.1) is 0 Å². The van der Waals surface area contributed by atoms with Crippen LogP contribution in [0.4, 0.5) is 0 Å². The number of nitrogens with zero attached hydrogens (tertiary/aromatic N) is 5. The summed E-state index contributed by atoms with van der Waals surface area (Å²) in [6.45, 7) is -2.44. The first-order valence-corrected chi connectivity index (χ1v) is 7.35. The van der Waals surface area contributed by atoms with Crippen LogP contribution in [0, 0.1) is 40.5 Å². The van der Waals surface area contributed by atoms with Crippen LogP contribution in [0.3, 0.4) is 0 Å². The minimum atomic E-state index is -3.08. The highest BCUT2D eigenvalue weighted by Crippen LogP contribution is 2.29. The van der Waals surface area contributed by atoms with Crippen molar-refractivity contribution in [2.45, 2.75) is 37.0 Å². The Morgan fingerprint density at radius 3 is 2.07 bits per heavy atom. The molecule has 1 aliphatic heterocycles. The number of carbonyl (C=O) groups excluding carboxylic acids is 2. The molecule has 1 aliphatic rings. The Morgan fingerprint density at radius 2 is 1.67 bits per heavy atom. The molecule has 0 N–H and O–H groups in total. The van der Waals surface area contributed by atoms with E-state index in [2.05, 4.69) is 4.74 Å². The van der Waals surface area contributed by atoms with Crippen molar-refractivity contribution in [3.05, 3.63) is 40.5 Å².